The fourth-order valence-electron chi connectivity index (χ4n) is 2.54. The van der Waals surface area contributed by atoms with Gasteiger partial charge in [0.1, 0.15) is 0 Å². The second kappa shape index (κ2) is 4.44. The fraction of sp³-hybridized carbons (Fsp3) is 0.900. The molecule has 0 aromatic carbocycles. The smallest absolute Gasteiger partial charge is 0.337 e. The Morgan fingerprint density at radius 2 is 2.06 bits per heavy atom. The van der Waals surface area contributed by atoms with Crippen molar-refractivity contribution in [2.24, 2.45) is 5.92 Å². The minimum Gasteiger partial charge on any atom is -0.337 e. The first-order valence-electron chi connectivity index (χ1n) is 5.61. The summed E-state index contributed by atoms with van der Waals surface area (Å²) >= 11 is 0. The van der Waals surface area contributed by atoms with Crippen molar-refractivity contribution in [2.45, 2.75) is 31.2 Å². The van der Waals surface area contributed by atoms with E-state index in [-0.39, 0.29) is 25.0 Å². The van der Waals surface area contributed by atoms with Crippen LogP contribution in [0.2, 0.25) is 0 Å². The van der Waals surface area contributed by atoms with E-state index >= 15 is 0 Å². The molecule has 0 aromatic rings. The van der Waals surface area contributed by atoms with Crippen molar-refractivity contribution < 1.29 is 22.4 Å². The Morgan fingerprint density at radius 1 is 1.35 bits per heavy atom. The summed E-state index contributed by atoms with van der Waals surface area (Å²) in [6.45, 7) is 1.07. The van der Waals surface area contributed by atoms with Gasteiger partial charge in [-0.05, 0) is 25.3 Å². The van der Waals surface area contributed by atoms with E-state index in [0.29, 0.717) is 6.42 Å². The first-order chi connectivity index (χ1) is 7.93. The summed E-state index contributed by atoms with van der Waals surface area (Å²) in [7, 11) is 0. The first-order valence-corrected chi connectivity index (χ1v) is 5.61. The molecular formula is C10H14F4N2O. The third kappa shape index (κ3) is 2.25. The van der Waals surface area contributed by atoms with Gasteiger partial charge in [-0.25, -0.2) is 8.78 Å². The Balaban J connectivity index is 2.01. The van der Waals surface area contributed by atoms with Gasteiger partial charge in [-0.2, -0.15) is 8.78 Å². The van der Waals surface area contributed by atoms with Gasteiger partial charge < -0.3 is 10.2 Å². The van der Waals surface area contributed by atoms with Crippen molar-refractivity contribution >= 4 is 5.91 Å². The SMILES string of the molecule is O=C(N1CCC2NCCC2C1)C(F)(F)C(F)F. The largest absolute Gasteiger partial charge is 0.383 e. The topological polar surface area (TPSA) is 32.3 Å². The summed E-state index contributed by atoms with van der Waals surface area (Å²) in [5.74, 6) is -6.18. The monoisotopic (exact) mass is 254 g/mol. The predicted octanol–water partition coefficient (Wildman–Crippen LogP) is 1.10. The summed E-state index contributed by atoms with van der Waals surface area (Å²) in [6, 6.07) is 0.235. The van der Waals surface area contributed by atoms with Crippen LogP contribution in [0.4, 0.5) is 17.6 Å². The molecule has 2 aliphatic heterocycles. The number of halogens is 4. The Bertz CT molecular complexity index is 311. The van der Waals surface area contributed by atoms with Crippen LogP contribution in [0.15, 0.2) is 0 Å². The van der Waals surface area contributed by atoms with Crippen LogP contribution in [-0.2, 0) is 4.79 Å². The number of rotatable bonds is 2. The van der Waals surface area contributed by atoms with Crippen LogP contribution in [0, 0.1) is 5.92 Å². The number of carbonyl (C=O) groups is 1. The molecular weight excluding hydrogens is 240 g/mol. The maximum absolute atomic E-state index is 12.9. The highest BCUT2D eigenvalue weighted by atomic mass is 19.3. The van der Waals surface area contributed by atoms with Crippen LogP contribution in [0.3, 0.4) is 0 Å². The minimum absolute atomic E-state index is 0.112. The molecule has 2 rings (SSSR count). The van der Waals surface area contributed by atoms with Gasteiger partial charge in [-0.15, -0.1) is 0 Å². The normalized spacial score (nSPS) is 29.6. The van der Waals surface area contributed by atoms with E-state index in [4.69, 9.17) is 0 Å². The van der Waals surface area contributed by atoms with Gasteiger partial charge in [0.05, 0.1) is 0 Å². The average molecular weight is 254 g/mol. The molecule has 2 aliphatic rings. The zero-order valence-electron chi connectivity index (χ0n) is 9.13. The number of nitrogens with one attached hydrogen (secondary N) is 1. The van der Waals surface area contributed by atoms with Crippen LogP contribution in [0.1, 0.15) is 12.8 Å². The highest BCUT2D eigenvalue weighted by Gasteiger charge is 2.52. The van der Waals surface area contributed by atoms with Gasteiger partial charge in [-0.3, -0.25) is 4.79 Å². The Kier molecular flexibility index (Phi) is 3.29. The van der Waals surface area contributed by atoms with E-state index in [1.165, 1.54) is 0 Å². The van der Waals surface area contributed by atoms with Crippen LogP contribution in [0.5, 0.6) is 0 Å². The maximum atomic E-state index is 12.9. The van der Waals surface area contributed by atoms with Gasteiger partial charge in [0.2, 0.25) is 0 Å². The molecule has 2 fully saturated rings. The van der Waals surface area contributed by atoms with Gasteiger partial charge >= 0.3 is 12.3 Å². The number of alkyl halides is 4. The van der Waals surface area contributed by atoms with Crippen molar-refractivity contribution in [3.8, 4) is 0 Å². The first kappa shape index (κ1) is 12.6. The molecule has 0 bridgehead atoms. The average Bonchev–Trinajstić information content (AvgIpc) is 2.74. The molecule has 2 saturated heterocycles. The third-order valence-electron chi connectivity index (χ3n) is 3.50. The van der Waals surface area contributed by atoms with E-state index in [0.717, 1.165) is 17.9 Å². The van der Waals surface area contributed by atoms with Gasteiger partial charge in [-0.1, -0.05) is 0 Å². The second-order valence-corrected chi connectivity index (χ2v) is 4.57. The number of nitrogens with zero attached hydrogens (tertiary/aromatic N) is 1. The maximum Gasteiger partial charge on any atom is 0.383 e. The van der Waals surface area contributed by atoms with Crippen molar-refractivity contribution in [1.82, 2.24) is 10.2 Å². The Hall–Kier alpha value is -0.850. The molecule has 2 heterocycles. The van der Waals surface area contributed by atoms with Gasteiger partial charge in [0, 0.05) is 19.1 Å². The molecule has 1 amide bonds. The molecule has 3 nitrogen and oxygen atoms in total. The molecule has 2 unspecified atom stereocenters. The van der Waals surface area contributed by atoms with Crippen LogP contribution >= 0.6 is 0 Å². The molecule has 98 valence electrons. The lowest BCUT2D eigenvalue weighted by atomic mass is 9.93. The lowest BCUT2D eigenvalue weighted by Crippen LogP contribution is -2.53. The van der Waals surface area contributed by atoms with Gasteiger partial charge in [0.25, 0.3) is 5.91 Å². The molecule has 0 spiro atoms. The molecule has 1 N–H and O–H groups in total. The highest BCUT2D eigenvalue weighted by Crippen LogP contribution is 2.30. The number of piperidine rings is 1. The molecule has 0 aliphatic carbocycles. The zero-order valence-corrected chi connectivity index (χ0v) is 9.13. The van der Waals surface area contributed by atoms with E-state index in [1.807, 2.05) is 0 Å². The lowest BCUT2D eigenvalue weighted by molar-refractivity contribution is -0.182. The predicted molar refractivity (Wildman–Crippen MR) is 52.0 cm³/mol. The summed E-state index contributed by atoms with van der Waals surface area (Å²) in [6.07, 6.45) is -2.58. The molecule has 7 heteroatoms. The minimum atomic E-state index is -4.56. The number of likely N-dealkylation sites (tertiary alicyclic amines) is 1. The second-order valence-electron chi connectivity index (χ2n) is 4.57. The van der Waals surface area contributed by atoms with Crippen LogP contribution in [0.25, 0.3) is 0 Å². The molecule has 2 atom stereocenters. The number of amides is 1. The summed E-state index contributed by atoms with van der Waals surface area (Å²) in [4.78, 5) is 12.2. The Morgan fingerprint density at radius 3 is 2.71 bits per heavy atom. The van der Waals surface area contributed by atoms with E-state index in [2.05, 4.69) is 5.32 Å². The van der Waals surface area contributed by atoms with Crippen molar-refractivity contribution in [2.75, 3.05) is 19.6 Å². The van der Waals surface area contributed by atoms with Crippen molar-refractivity contribution in [1.29, 1.82) is 0 Å². The molecule has 0 aromatic heterocycles. The van der Waals surface area contributed by atoms with Crippen LogP contribution < -0.4 is 5.32 Å². The Labute approximate surface area is 96.1 Å². The fourth-order valence-corrected chi connectivity index (χ4v) is 2.54. The summed E-state index contributed by atoms with van der Waals surface area (Å²) in [5, 5.41) is 3.21. The zero-order chi connectivity index (χ0) is 12.6. The standard InChI is InChI=1S/C10H14F4N2O/c11-8(12)10(13,14)9(17)16-4-2-7-6(5-16)1-3-15-7/h6-8,15H,1-5H2. The van der Waals surface area contributed by atoms with E-state index in [1.54, 1.807) is 0 Å². The van der Waals surface area contributed by atoms with E-state index in [9.17, 15) is 22.4 Å². The molecule has 17 heavy (non-hydrogen) atoms. The van der Waals surface area contributed by atoms with E-state index < -0.39 is 18.3 Å². The summed E-state index contributed by atoms with van der Waals surface area (Å²) < 4.78 is 50.0. The quantitative estimate of drug-likeness (QED) is 0.748. The highest BCUT2D eigenvalue weighted by molar-refractivity contribution is 5.84. The number of hydrogen-bond acceptors (Lipinski definition) is 2. The number of carbonyl (C=O) groups excluding carboxylic acids is 1. The van der Waals surface area contributed by atoms with Crippen molar-refractivity contribution in [3.63, 3.8) is 0 Å². The van der Waals surface area contributed by atoms with Crippen molar-refractivity contribution in [3.05, 3.63) is 0 Å². The lowest BCUT2D eigenvalue weighted by Gasteiger charge is -2.36. The third-order valence-corrected chi connectivity index (χ3v) is 3.50. The number of hydrogen-bond donors (Lipinski definition) is 1. The molecule has 0 saturated carbocycles. The number of fused-ring (bicyclic) bond motifs is 1. The van der Waals surface area contributed by atoms with Crippen LogP contribution in [-0.4, -0.2) is 48.8 Å². The summed E-state index contributed by atoms with van der Waals surface area (Å²) in [5.41, 5.74) is 0. The van der Waals surface area contributed by atoms with Gasteiger partial charge in [0.15, 0.2) is 0 Å². The molecule has 0 radical (unpaired) electrons.